The summed E-state index contributed by atoms with van der Waals surface area (Å²) in [6.07, 6.45) is 0. The van der Waals surface area contributed by atoms with Crippen LogP contribution in [0.2, 0.25) is 0 Å². The van der Waals surface area contributed by atoms with Crippen molar-refractivity contribution in [2.24, 2.45) is 0 Å². The number of para-hydroxylation sites is 1. The summed E-state index contributed by atoms with van der Waals surface area (Å²) < 4.78 is 6.74. The van der Waals surface area contributed by atoms with Crippen LogP contribution >= 0.6 is 0 Å². The quantitative estimate of drug-likeness (QED) is 0.168. The van der Waals surface area contributed by atoms with Crippen molar-refractivity contribution in [1.29, 1.82) is 0 Å². The number of nitrogens with zero attached hydrogens (tertiary/aromatic N) is 3. The summed E-state index contributed by atoms with van der Waals surface area (Å²) in [6.45, 7) is 0. The van der Waals surface area contributed by atoms with E-state index < -0.39 is 0 Å². The third-order valence-electron chi connectivity index (χ3n) is 10.7. The fraction of sp³-hybridized carbons (Fsp3) is 0. The number of furan rings is 1. The van der Waals surface area contributed by atoms with E-state index in [9.17, 15) is 0 Å². The van der Waals surface area contributed by atoms with Crippen molar-refractivity contribution in [3.63, 3.8) is 0 Å². The minimum absolute atomic E-state index is 0.597. The summed E-state index contributed by atoms with van der Waals surface area (Å²) in [7, 11) is 0. The molecule has 0 saturated heterocycles. The molecule has 11 aromatic rings. The lowest BCUT2D eigenvalue weighted by Gasteiger charge is -2.12. The topological polar surface area (TPSA) is 51.8 Å². The lowest BCUT2D eigenvalue weighted by atomic mass is 9.95. The monoisotopic (exact) mass is 701 g/mol. The molecule has 55 heavy (non-hydrogen) atoms. The molecule has 0 atom stereocenters. The summed E-state index contributed by atoms with van der Waals surface area (Å²) in [6, 6.07) is 65.7. The van der Waals surface area contributed by atoms with E-state index in [4.69, 9.17) is 19.4 Å². The van der Waals surface area contributed by atoms with Gasteiger partial charge in [-0.3, -0.25) is 0 Å². The molecule has 256 valence electrons. The van der Waals surface area contributed by atoms with E-state index in [0.717, 1.165) is 60.5 Å². The van der Waals surface area contributed by atoms with E-state index in [1.165, 1.54) is 32.7 Å². The van der Waals surface area contributed by atoms with Crippen LogP contribution in [0.3, 0.4) is 0 Å². The molecule has 0 bridgehead atoms. The largest absolute Gasteiger partial charge is 0.455 e. The Balaban J connectivity index is 1.09. The molecular weight excluding hydrogens is 671 g/mol. The first-order valence-corrected chi connectivity index (χ1v) is 18.5. The van der Waals surface area contributed by atoms with Gasteiger partial charge < -0.3 is 4.42 Å². The average Bonchev–Trinajstić information content (AvgIpc) is 3.65. The first-order chi connectivity index (χ1) is 27.3. The molecule has 0 aliphatic heterocycles. The SMILES string of the molecule is c1ccc(-c2nc(-c3cc4ccccc4c4ccccc34)nc(-c3cccc4oc5c(-c6ccc(-c7cccc8ccccc78)cc6)cccc5c34)n2)cc1. The van der Waals surface area contributed by atoms with Gasteiger partial charge in [0.15, 0.2) is 17.5 Å². The van der Waals surface area contributed by atoms with E-state index in [1.54, 1.807) is 0 Å². The van der Waals surface area contributed by atoms with Crippen LogP contribution in [0.25, 0.3) is 111 Å². The molecule has 4 heteroatoms. The van der Waals surface area contributed by atoms with Crippen LogP contribution < -0.4 is 0 Å². The molecule has 0 saturated carbocycles. The standard InChI is InChI=1S/C51H31N3O/c1-2-14-35(15-3-1)49-52-50(54-51(53-49)45-31-36-16-5-7-19-39(36)41-20-8-9-21-42(41)45)44-25-12-26-46-47(44)43-24-11-23-40(48(43)55-46)34-29-27-33(28-30-34)38-22-10-17-32-13-4-6-18-37(32)38/h1-31H. The molecule has 9 aromatic carbocycles. The maximum absolute atomic E-state index is 6.74. The number of hydrogen-bond acceptors (Lipinski definition) is 4. The zero-order valence-electron chi connectivity index (χ0n) is 29.6. The van der Waals surface area contributed by atoms with Crippen molar-refractivity contribution < 1.29 is 4.42 Å². The van der Waals surface area contributed by atoms with Crippen molar-refractivity contribution in [2.75, 3.05) is 0 Å². The second-order valence-corrected chi connectivity index (χ2v) is 13.9. The Morgan fingerprint density at radius 2 is 0.855 bits per heavy atom. The van der Waals surface area contributed by atoms with E-state index in [-0.39, 0.29) is 0 Å². The highest BCUT2D eigenvalue weighted by Gasteiger charge is 2.21. The molecule has 0 N–H and O–H groups in total. The normalized spacial score (nSPS) is 11.6. The minimum Gasteiger partial charge on any atom is -0.455 e. The fourth-order valence-corrected chi connectivity index (χ4v) is 8.14. The van der Waals surface area contributed by atoms with Gasteiger partial charge in [-0.25, -0.2) is 15.0 Å². The first kappa shape index (κ1) is 31.1. The molecule has 0 amide bonds. The highest BCUT2D eigenvalue weighted by molar-refractivity contribution is 6.16. The summed E-state index contributed by atoms with van der Waals surface area (Å²) in [4.78, 5) is 15.6. The number of aromatic nitrogens is 3. The van der Waals surface area contributed by atoms with Crippen LogP contribution in [0.15, 0.2) is 192 Å². The maximum atomic E-state index is 6.74. The Bertz CT molecular complexity index is 3250. The van der Waals surface area contributed by atoms with Crippen molar-refractivity contribution in [3.8, 4) is 56.4 Å². The van der Waals surface area contributed by atoms with Crippen LogP contribution in [0, 0.1) is 0 Å². The second kappa shape index (κ2) is 12.6. The average molecular weight is 702 g/mol. The first-order valence-electron chi connectivity index (χ1n) is 18.5. The van der Waals surface area contributed by atoms with Crippen molar-refractivity contribution in [3.05, 3.63) is 188 Å². The van der Waals surface area contributed by atoms with Gasteiger partial charge in [-0.2, -0.15) is 0 Å². The third kappa shape index (κ3) is 5.19. The Hall–Kier alpha value is -7.43. The highest BCUT2D eigenvalue weighted by Crippen LogP contribution is 2.42. The van der Waals surface area contributed by atoms with Gasteiger partial charge in [0, 0.05) is 33.0 Å². The summed E-state index contributed by atoms with van der Waals surface area (Å²) in [5.41, 5.74) is 8.93. The van der Waals surface area contributed by atoms with Crippen LogP contribution in [0.4, 0.5) is 0 Å². The summed E-state index contributed by atoms with van der Waals surface area (Å²) in [5.74, 6) is 1.84. The van der Waals surface area contributed by atoms with Gasteiger partial charge in [0.2, 0.25) is 0 Å². The highest BCUT2D eigenvalue weighted by atomic mass is 16.3. The zero-order valence-corrected chi connectivity index (χ0v) is 29.6. The predicted molar refractivity (Wildman–Crippen MR) is 227 cm³/mol. The van der Waals surface area contributed by atoms with Gasteiger partial charge in [0.25, 0.3) is 0 Å². The fourth-order valence-electron chi connectivity index (χ4n) is 8.14. The van der Waals surface area contributed by atoms with Crippen molar-refractivity contribution >= 4 is 54.3 Å². The Morgan fingerprint density at radius 3 is 1.67 bits per heavy atom. The lowest BCUT2D eigenvalue weighted by molar-refractivity contribution is 0.670. The summed E-state index contributed by atoms with van der Waals surface area (Å²) >= 11 is 0. The number of hydrogen-bond donors (Lipinski definition) is 0. The Labute approximate surface area is 317 Å². The molecule has 4 nitrogen and oxygen atoms in total. The number of fused-ring (bicyclic) bond motifs is 7. The van der Waals surface area contributed by atoms with Gasteiger partial charge in [0.05, 0.1) is 0 Å². The molecular formula is C51H31N3O. The van der Waals surface area contributed by atoms with Gasteiger partial charge in [-0.05, 0) is 61.1 Å². The Kier molecular flexibility index (Phi) is 7.14. The molecule has 0 aliphatic rings. The van der Waals surface area contributed by atoms with E-state index in [1.807, 2.05) is 42.5 Å². The Morgan fingerprint density at radius 1 is 0.309 bits per heavy atom. The molecule has 2 heterocycles. The van der Waals surface area contributed by atoms with Crippen molar-refractivity contribution in [2.45, 2.75) is 0 Å². The molecule has 0 radical (unpaired) electrons. The van der Waals surface area contributed by atoms with E-state index in [2.05, 4.69) is 146 Å². The van der Waals surface area contributed by atoms with Crippen molar-refractivity contribution in [1.82, 2.24) is 15.0 Å². The minimum atomic E-state index is 0.597. The number of rotatable bonds is 5. The molecule has 2 aromatic heterocycles. The van der Waals surface area contributed by atoms with E-state index in [0.29, 0.717) is 17.5 Å². The van der Waals surface area contributed by atoms with Gasteiger partial charge >= 0.3 is 0 Å². The number of benzene rings is 9. The van der Waals surface area contributed by atoms with Gasteiger partial charge in [0.1, 0.15) is 11.2 Å². The molecule has 0 unspecified atom stereocenters. The van der Waals surface area contributed by atoms with Crippen LogP contribution in [-0.4, -0.2) is 15.0 Å². The van der Waals surface area contributed by atoms with Gasteiger partial charge in [-0.1, -0.05) is 176 Å². The van der Waals surface area contributed by atoms with E-state index >= 15 is 0 Å². The zero-order chi connectivity index (χ0) is 36.3. The van der Waals surface area contributed by atoms with Crippen LogP contribution in [0.5, 0.6) is 0 Å². The third-order valence-corrected chi connectivity index (χ3v) is 10.7. The van der Waals surface area contributed by atoms with Gasteiger partial charge in [-0.15, -0.1) is 0 Å². The molecule has 0 spiro atoms. The smallest absolute Gasteiger partial charge is 0.164 e. The molecule has 11 rings (SSSR count). The second-order valence-electron chi connectivity index (χ2n) is 13.9. The summed E-state index contributed by atoms with van der Waals surface area (Å²) in [5, 5.41) is 9.08. The molecule has 0 fully saturated rings. The molecule has 0 aliphatic carbocycles. The van der Waals surface area contributed by atoms with Crippen LogP contribution in [-0.2, 0) is 0 Å². The van der Waals surface area contributed by atoms with Crippen LogP contribution in [0.1, 0.15) is 0 Å². The lowest BCUT2D eigenvalue weighted by Crippen LogP contribution is -2.01. The predicted octanol–water partition coefficient (Wildman–Crippen LogP) is 13.6. The maximum Gasteiger partial charge on any atom is 0.164 e.